The summed E-state index contributed by atoms with van der Waals surface area (Å²) in [7, 11) is 3.20. The number of aromatic nitrogens is 1. The SMILES string of the molecule is COC(CNc1ncccc1Br)OC. The van der Waals surface area contributed by atoms with Crippen LogP contribution in [0.3, 0.4) is 0 Å². The van der Waals surface area contributed by atoms with Gasteiger partial charge in [-0.05, 0) is 28.1 Å². The molecule has 78 valence electrons. The Labute approximate surface area is 91.8 Å². The third kappa shape index (κ3) is 3.25. The number of pyridine rings is 1. The highest BCUT2D eigenvalue weighted by Gasteiger charge is 2.05. The minimum atomic E-state index is -0.260. The Kier molecular flexibility index (Phi) is 4.86. The molecule has 1 rings (SSSR count). The molecule has 0 fully saturated rings. The predicted molar refractivity (Wildman–Crippen MR) is 58.2 cm³/mol. The predicted octanol–water partition coefficient (Wildman–Crippen LogP) is 1.87. The molecule has 1 aromatic heterocycles. The third-order valence-electron chi connectivity index (χ3n) is 1.72. The van der Waals surface area contributed by atoms with E-state index in [0.717, 1.165) is 10.3 Å². The van der Waals surface area contributed by atoms with Gasteiger partial charge in [-0.15, -0.1) is 0 Å². The monoisotopic (exact) mass is 260 g/mol. The Balaban J connectivity index is 2.49. The van der Waals surface area contributed by atoms with Crippen molar-refractivity contribution in [3.8, 4) is 0 Å². The van der Waals surface area contributed by atoms with E-state index in [0.29, 0.717) is 6.54 Å². The number of rotatable bonds is 5. The second-order valence-corrected chi connectivity index (χ2v) is 3.47. The van der Waals surface area contributed by atoms with Crippen molar-refractivity contribution in [3.63, 3.8) is 0 Å². The van der Waals surface area contributed by atoms with Crippen molar-refractivity contribution in [2.24, 2.45) is 0 Å². The first-order valence-electron chi connectivity index (χ1n) is 4.18. The van der Waals surface area contributed by atoms with E-state index in [9.17, 15) is 0 Å². The molecule has 0 aliphatic heterocycles. The number of hydrogen-bond donors (Lipinski definition) is 1. The van der Waals surface area contributed by atoms with E-state index in [1.165, 1.54) is 0 Å². The second-order valence-electron chi connectivity index (χ2n) is 2.62. The minimum Gasteiger partial charge on any atom is -0.364 e. The molecule has 1 aromatic rings. The molecule has 0 atom stereocenters. The van der Waals surface area contributed by atoms with Crippen molar-refractivity contribution in [1.29, 1.82) is 0 Å². The summed E-state index contributed by atoms with van der Waals surface area (Å²) in [6.07, 6.45) is 1.46. The lowest BCUT2D eigenvalue weighted by Gasteiger charge is -2.14. The van der Waals surface area contributed by atoms with E-state index in [4.69, 9.17) is 9.47 Å². The molecule has 0 spiro atoms. The van der Waals surface area contributed by atoms with Crippen LogP contribution < -0.4 is 5.32 Å². The summed E-state index contributed by atoms with van der Waals surface area (Å²) < 4.78 is 11.0. The zero-order chi connectivity index (χ0) is 10.4. The zero-order valence-electron chi connectivity index (χ0n) is 8.16. The van der Waals surface area contributed by atoms with Gasteiger partial charge in [0, 0.05) is 20.4 Å². The first-order chi connectivity index (χ1) is 6.77. The molecular formula is C9H13BrN2O2. The molecule has 0 saturated carbocycles. The normalized spacial score (nSPS) is 10.6. The number of nitrogens with zero attached hydrogens (tertiary/aromatic N) is 1. The van der Waals surface area contributed by atoms with Crippen molar-refractivity contribution in [2.45, 2.75) is 6.29 Å². The number of anilines is 1. The summed E-state index contributed by atoms with van der Waals surface area (Å²) in [5.41, 5.74) is 0. The maximum absolute atomic E-state index is 5.03. The summed E-state index contributed by atoms with van der Waals surface area (Å²) in [5, 5.41) is 3.11. The summed E-state index contributed by atoms with van der Waals surface area (Å²) in [5.74, 6) is 0.784. The van der Waals surface area contributed by atoms with Crippen LogP contribution in [-0.2, 0) is 9.47 Å². The molecule has 14 heavy (non-hydrogen) atoms. The van der Waals surface area contributed by atoms with Crippen molar-refractivity contribution < 1.29 is 9.47 Å². The van der Waals surface area contributed by atoms with Crippen LogP contribution in [0.5, 0.6) is 0 Å². The molecule has 0 aliphatic carbocycles. The number of halogens is 1. The Morgan fingerprint density at radius 3 is 2.79 bits per heavy atom. The number of hydrogen-bond acceptors (Lipinski definition) is 4. The molecule has 4 nitrogen and oxygen atoms in total. The molecule has 5 heteroatoms. The van der Waals surface area contributed by atoms with E-state index in [-0.39, 0.29) is 6.29 Å². The smallest absolute Gasteiger partial charge is 0.173 e. The first-order valence-corrected chi connectivity index (χ1v) is 4.97. The van der Waals surface area contributed by atoms with Gasteiger partial charge in [0.1, 0.15) is 5.82 Å². The maximum atomic E-state index is 5.03. The Morgan fingerprint density at radius 1 is 1.50 bits per heavy atom. The fraction of sp³-hybridized carbons (Fsp3) is 0.444. The topological polar surface area (TPSA) is 43.4 Å². The van der Waals surface area contributed by atoms with Crippen molar-refractivity contribution in [3.05, 3.63) is 22.8 Å². The van der Waals surface area contributed by atoms with Gasteiger partial charge >= 0.3 is 0 Å². The summed E-state index contributed by atoms with van der Waals surface area (Å²) >= 11 is 3.38. The molecule has 0 unspecified atom stereocenters. The van der Waals surface area contributed by atoms with E-state index in [1.807, 2.05) is 12.1 Å². The highest BCUT2D eigenvalue weighted by atomic mass is 79.9. The Morgan fingerprint density at radius 2 is 2.21 bits per heavy atom. The molecule has 1 N–H and O–H groups in total. The van der Waals surface area contributed by atoms with Crippen molar-refractivity contribution in [2.75, 3.05) is 26.1 Å². The maximum Gasteiger partial charge on any atom is 0.173 e. The van der Waals surface area contributed by atoms with Gasteiger partial charge in [0.25, 0.3) is 0 Å². The number of methoxy groups -OCH3 is 2. The zero-order valence-corrected chi connectivity index (χ0v) is 9.74. The molecular weight excluding hydrogens is 248 g/mol. The standard InChI is InChI=1S/C9H13BrN2O2/c1-13-8(14-2)6-12-9-7(10)4-3-5-11-9/h3-5,8H,6H2,1-2H3,(H,11,12). The van der Waals surface area contributed by atoms with Gasteiger partial charge in [-0.2, -0.15) is 0 Å². The van der Waals surface area contributed by atoms with Gasteiger partial charge in [-0.25, -0.2) is 4.98 Å². The molecule has 1 heterocycles. The van der Waals surface area contributed by atoms with Gasteiger partial charge in [-0.3, -0.25) is 0 Å². The van der Waals surface area contributed by atoms with Gasteiger partial charge in [0.15, 0.2) is 6.29 Å². The highest BCUT2D eigenvalue weighted by Crippen LogP contribution is 2.18. The van der Waals surface area contributed by atoms with Crippen LogP contribution >= 0.6 is 15.9 Å². The largest absolute Gasteiger partial charge is 0.364 e. The molecule has 0 saturated heterocycles. The lowest BCUT2D eigenvalue weighted by molar-refractivity contribution is -0.0914. The summed E-state index contributed by atoms with van der Waals surface area (Å²) in [4.78, 5) is 4.15. The van der Waals surface area contributed by atoms with E-state index < -0.39 is 0 Å². The second kappa shape index (κ2) is 5.95. The van der Waals surface area contributed by atoms with Gasteiger partial charge in [0.2, 0.25) is 0 Å². The average Bonchev–Trinajstić information content (AvgIpc) is 2.22. The first kappa shape index (κ1) is 11.4. The van der Waals surface area contributed by atoms with E-state index >= 15 is 0 Å². The minimum absolute atomic E-state index is 0.260. The Hall–Kier alpha value is -0.650. The molecule has 0 bridgehead atoms. The summed E-state index contributed by atoms with van der Waals surface area (Å²) in [6.45, 7) is 0.558. The summed E-state index contributed by atoms with van der Waals surface area (Å²) in [6, 6.07) is 3.78. The highest BCUT2D eigenvalue weighted by molar-refractivity contribution is 9.10. The van der Waals surface area contributed by atoms with Crippen molar-refractivity contribution >= 4 is 21.7 Å². The molecule has 0 amide bonds. The van der Waals surface area contributed by atoms with Crippen LogP contribution in [0.4, 0.5) is 5.82 Å². The Bertz CT molecular complexity index is 279. The van der Waals surface area contributed by atoms with Gasteiger partial charge in [0.05, 0.1) is 11.0 Å². The van der Waals surface area contributed by atoms with Crippen LogP contribution in [0, 0.1) is 0 Å². The van der Waals surface area contributed by atoms with Crippen molar-refractivity contribution in [1.82, 2.24) is 4.98 Å². The number of nitrogens with one attached hydrogen (secondary N) is 1. The van der Waals surface area contributed by atoms with Crippen LogP contribution in [0.1, 0.15) is 0 Å². The van der Waals surface area contributed by atoms with Gasteiger partial charge in [-0.1, -0.05) is 0 Å². The molecule has 0 aliphatic rings. The van der Waals surface area contributed by atoms with Crippen LogP contribution in [-0.4, -0.2) is 32.0 Å². The average molecular weight is 261 g/mol. The van der Waals surface area contributed by atoms with Crippen LogP contribution in [0.2, 0.25) is 0 Å². The fourth-order valence-electron chi connectivity index (χ4n) is 0.959. The van der Waals surface area contributed by atoms with Crippen LogP contribution in [0.25, 0.3) is 0 Å². The number of ether oxygens (including phenoxy) is 2. The molecule has 0 aromatic carbocycles. The van der Waals surface area contributed by atoms with Crippen LogP contribution in [0.15, 0.2) is 22.8 Å². The third-order valence-corrected chi connectivity index (χ3v) is 2.36. The lowest BCUT2D eigenvalue weighted by Crippen LogP contribution is -2.24. The molecule has 0 radical (unpaired) electrons. The van der Waals surface area contributed by atoms with E-state index in [1.54, 1.807) is 20.4 Å². The quantitative estimate of drug-likeness (QED) is 0.822. The lowest BCUT2D eigenvalue weighted by atomic mass is 10.4. The van der Waals surface area contributed by atoms with Gasteiger partial charge < -0.3 is 14.8 Å². The fourth-order valence-corrected chi connectivity index (χ4v) is 1.35. The van der Waals surface area contributed by atoms with E-state index in [2.05, 4.69) is 26.2 Å².